The van der Waals surface area contributed by atoms with E-state index >= 15 is 0 Å². The third kappa shape index (κ3) is 4.15. The van der Waals surface area contributed by atoms with Gasteiger partial charge in [-0.1, -0.05) is 23.7 Å². The molecule has 0 bridgehead atoms. The highest BCUT2D eigenvalue weighted by Gasteiger charge is 2.21. The van der Waals surface area contributed by atoms with Gasteiger partial charge in [0.2, 0.25) is 0 Å². The second-order valence-electron chi connectivity index (χ2n) is 6.96. The standard InChI is InChI=1S/C21H21ClFN3O/c22-17-4-7-19-16(12-17)13-20(24-19)21(27)26-9-1-8-25(10-11-26)14-15-2-5-18(23)6-3-15/h2-7,12-13,24H,1,8-11,14H2. The Morgan fingerprint density at radius 2 is 1.85 bits per heavy atom. The van der Waals surface area contributed by atoms with Gasteiger partial charge in [0.05, 0.1) is 0 Å². The first-order valence-corrected chi connectivity index (χ1v) is 9.51. The van der Waals surface area contributed by atoms with Crippen LogP contribution in [0, 0.1) is 5.82 Å². The average molecular weight is 386 g/mol. The number of aromatic amines is 1. The van der Waals surface area contributed by atoms with Crippen molar-refractivity contribution in [1.82, 2.24) is 14.8 Å². The van der Waals surface area contributed by atoms with E-state index in [0.717, 1.165) is 49.1 Å². The van der Waals surface area contributed by atoms with Crippen LogP contribution in [0.4, 0.5) is 4.39 Å². The van der Waals surface area contributed by atoms with Gasteiger partial charge in [0.1, 0.15) is 11.5 Å². The minimum atomic E-state index is -0.217. The Labute approximate surface area is 162 Å². The van der Waals surface area contributed by atoms with Gasteiger partial charge in [-0.15, -0.1) is 0 Å². The smallest absolute Gasteiger partial charge is 0.270 e. The molecule has 3 aromatic rings. The van der Waals surface area contributed by atoms with Crippen LogP contribution in [-0.2, 0) is 6.54 Å². The monoisotopic (exact) mass is 385 g/mol. The van der Waals surface area contributed by atoms with Crippen LogP contribution in [0.5, 0.6) is 0 Å². The number of halogens is 2. The molecule has 0 unspecified atom stereocenters. The van der Waals surface area contributed by atoms with Gasteiger partial charge < -0.3 is 9.88 Å². The van der Waals surface area contributed by atoms with Crippen molar-refractivity contribution < 1.29 is 9.18 Å². The minimum Gasteiger partial charge on any atom is -0.351 e. The summed E-state index contributed by atoms with van der Waals surface area (Å²) in [5.74, 6) is -0.197. The molecule has 0 aliphatic carbocycles. The van der Waals surface area contributed by atoms with Gasteiger partial charge in [-0.3, -0.25) is 9.69 Å². The third-order valence-corrected chi connectivity index (χ3v) is 5.24. The van der Waals surface area contributed by atoms with E-state index in [4.69, 9.17) is 11.6 Å². The van der Waals surface area contributed by atoms with Crippen LogP contribution in [0.15, 0.2) is 48.5 Å². The molecule has 140 valence electrons. The van der Waals surface area contributed by atoms with E-state index in [9.17, 15) is 9.18 Å². The summed E-state index contributed by atoms with van der Waals surface area (Å²) < 4.78 is 13.1. The quantitative estimate of drug-likeness (QED) is 0.729. The SMILES string of the molecule is O=C(c1cc2cc(Cl)ccc2[nH]1)N1CCCN(Cc2ccc(F)cc2)CC1. The highest BCUT2D eigenvalue weighted by molar-refractivity contribution is 6.31. The Hall–Kier alpha value is -2.37. The van der Waals surface area contributed by atoms with Crippen LogP contribution < -0.4 is 0 Å². The van der Waals surface area contributed by atoms with Gasteiger partial charge in [-0.05, 0) is 48.4 Å². The average Bonchev–Trinajstić information content (AvgIpc) is 2.94. The van der Waals surface area contributed by atoms with E-state index < -0.39 is 0 Å². The number of fused-ring (bicyclic) bond motifs is 1. The van der Waals surface area contributed by atoms with Gasteiger partial charge >= 0.3 is 0 Å². The van der Waals surface area contributed by atoms with Crippen molar-refractivity contribution in [2.75, 3.05) is 26.2 Å². The highest BCUT2D eigenvalue weighted by atomic mass is 35.5. The van der Waals surface area contributed by atoms with Gasteiger partial charge in [0, 0.05) is 48.6 Å². The van der Waals surface area contributed by atoms with Crippen molar-refractivity contribution >= 4 is 28.4 Å². The van der Waals surface area contributed by atoms with Crippen LogP contribution >= 0.6 is 11.6 Å². The molecule has 1 saturated heterocycles. The van der Waals surface area contributed by atoms with Crippen LogP contribution in [0.2, 0.25) is 5.02 Å². The summed E-state index contributed by atoms with van der Waals surface area (Å²) >= 11 is 6.03. The molecule has 0 atom stereocenters. The Balaban J connectivity index is 1.42. The molecule has 4 nitrogen and oxygen atoms in total. The summed E-state index contributed by atoms with van der Waals surface area (Å²) in [4.78, 5) is 20.3. The molecule has 6 heteroatoms. The van der Waals surface area contributed by atoms with Crippen molar-refractivity contribution in [2.45, 2.75) is 13.0 Å². The van der Waals surface area contributed by atoms with Gasteiger partial charge in [0.15, 0.2) is 0 Å². The van der Waals surface area contributed by atoms with E-state index in [-0.39, 0.29) is 11.7 Å². The topological polar surface area (TPSA) is 39.3 Å². The molecule has 0 radical (unpaired) electrons. The van der Waals surface area contributed by atoms with E-state index in [2.05, 4.69) is 9.88 Å². The van der Waals surface area contributed by atoms with Crippen molar-refractivity contribution in [1.29, 1.82) is 0 Å². The maximum atomic E-state index is 13.1. The number of H-pyrrole nitrogens is 1. The van der Waals surface area contributed by atoms with Gasteiger partial charge in [0.25, 0.3) is 5.91 Å². The van der Waals surface area contributed by atoms with Crippen molar-refractivity contribution in [3.8, 4) is 0 Å². The molecular formula is C21H21ClFN3O. The number of nitrogens with zero attached hydrogens (tertiary/aromatic N) is 2. The first-order chi connectivity index (χ1) is 13.1. The maximum absolute atomic E-state index is 13.1. The van der Waals surface area contributed by atoms with Crippen molar-refractivity contribution in [3.05, 3.63) is 70.6 Å². The predicted octanol–water partition coefficient (Wildman–Crippen LogP) is 4.31. The molecule has 4 rings (SSSR count). The number of benzene rings is 2. The predicted molar refractivity (Wildman–Crippen MR) is 106 cm³/mol. The number of amides is 1. The Bertz CT molecular complexity index is 954. The van der Waals surface area contributed by atoms with Gasteiger partial charge in [-0.25, -0.2) is 4.39 Å². The summed E-state index contributed by atoms with van der Waals surface area (Å²) in [6, 6.07) is 14.0. The molecular weight excluding hydrogens is 365 g/mol. The lowest BCUT2D eigenvalue weighted by molar-refractivity contribution is 0.0756. The zero-order valence-corrected chi connectivity index (χ0v) is 15.7. The largest absolute Gasteiger partial charge is 0.351 e. The molecule has 0 spiro atoms. The summed E-state index contributed by atoms with van der Waals surface area (Å²) in [6.07, 6.45) is 0.916. The third-order valence-electron chi connectivity index (χ3n) is 5.01. The molecule has 27 heavy (non-hydrogen) atoms. The molecule has 1 amide bonds. The first kappa shape index (κ1) is 18.0. The number of carbonyl (C=O) groups excluding carboxylic acids is 1. The summed E-state index contributed by atoms with van der Waals surface area (Å²) in [5.41, 5.74) is 2.60. The zero-order chi connectivity index (χ0) is 18.8. The lowest BCUT2D eigenvalue weighted by Crippen LogP contribution is -2.35. The molecule has 1 aliphatic heterocycles. The van der Waals surface area contributed by atoms with E-state index in [1.807, 2.05) is 41.3 Å². The van der Waals surface area contributed by atoms with Crippen LogP contribution in [0.25, 0.3) is 10.9 Å². The van der Waals surface area contributed by atoms with E-state index in [1.54, 1.807) is 0 Å². The number of aromatic nitrogens is 1. The fourth-order valence-electron chi connectivity index (χ4n) is 3.57. The van der Waals surface area contributed by atoms with Crippen LogP contribution in [0.3, 0.4) is 0 Å². The first-order valence-electron chi connectivity index (χ1n) is 9.13. The van der Waals surface area contributed by atoms with E-state index in [0.29, 0.717) is 17.3 Å². The highest BCUT2D eigenvalue weighted by Crippen LogP contribution is 2.21. The molecule has 2 heterocycles. The number of carbonyl (C=O) groups is 1. The Morgan fingerprint density at radius 3 is 2.67 bits per heavy atom. The van der Waals surface area contributed by atoms with Crippen molar-refractivity contribution in [3.63, 3.8) is 0 Å². The number of rotatable bonds is 3. The molecule has 1 aromatic heterocycles. The summed E-state index contributed by atoms with van der Waals surface area (Å²) in [6.45, 7) is 3.90. The molecule has 1 fully saturated rings. The molecule has 1 N–H and O–H groups in total. The number of hydrogen-bond donors (Lipinski definition) is 1. The minimum absolute atomic E-state index is 0.0194. The summed E-state index contributed by atoms with van der Waals surface area (Å²) in [5, 5.41) is 1.60. The fourth-order valence-corrected chi connectivity index (χ4v) is 3.75. The van der Waals surface area contributed by atoms with Crippen LogP contribution in [-0.4, -0.2) is 46.9 Å². The molecule has 1 aliphatic rings. The molecule has 2 aromatic carbocycles. The normalized spacial score (nSPS) is 15.9. The van der Waals surface area contributed by atoms with Crippen molar-refractivity contribution in [2.24, 2.45) is 0 Å². The maximum Gasteiger partial charge on any atom is 0.270 e. The summed E-state index contributed by atoms with van der Waals surface area (Å²) in [7, 11) is 0. The Kier molecular flexibility index (Phi) is 5.14. The second-order valence-corrected chi connectivity index (χ2v) is 7.40. The number of nitrogens with one attached hydrogen (secondary N) is 1. The Morgan fingerprint density at radius 1 is 1.04 bits per heavy atom. The lowest BCUT2D eigenvalue weighted by Gasteiger charge is -2.21. The zero-order valence-electron chi connectivity index (χ0n) is 14.9. The second kappa shape index (κ2) is 7.71. The fraction of sp³-hybridized carbons (Fsp3) is 0.286. The lowest BCUT2D eigenvalue weighted by atomic mass is 10.2. The van der Waals surface area contributed by atoms with Crippen LogP contribution in [0.1, 0.15) is 22.5 Å². The van der Waals surface area contributed by atoms with E-state index in [1.165, 1.54) is 12.1 Å². The van der Waals surface area contributed by atoms with Gasteiger partial charge in [-0.2, -0.15) is 0 Å². The number of hydrogen-bond acceptors (Lipinski definition) is 2. The molecule has 0 saturated carbocycles.